The first-order valence-electron chi connectivity index (χ1n) is 5.34. The summed E-state index contributed by atoms with van der Waals surface area (Å²) >= 11 is 0. The van der Waals surface area contributed by atoms with E-state index in [1.54, 1.807) is 13.2 Å². The van der Waals surface area contributed by atoms with Crippen LogP contribution in [0.25, 0.3) is 0 Å². The number of rotatable bonds is 1. The van der Waals surface area contributed by atoms with Gasteiger partial charge in [0, 0.05) is 12.6 Å². The number of aromatic nitrogens is 1. The van der Waals surface area contributed by atoms with Crippen LogP contribution in [-0.4, -0.2) is 24.5 Å². The van der Waals surface area contributed by atoms with Crippen molar-refractivity contribution in [2.45, 2.75) is 12.8 Å². The maximum Gasteiger partial charge on any atom is 0.232 e. The van der Waals surface area contributed by atoms with Crippen LogP contribution in [0.15, 0.2) is 12.1 Å². The molecule has 1 saturated carbocycles. The van der Waals surface area contributed by atoms with Crippen LogP contribution in [0.3, 0.4) is 0 Å². The molecule has 0 saturated heterocycles. The number of anilines is 2. The van der Waals surface area contributed by atoms with Crippen LogP contribution in [0.2, 0.25) is 0 Å². The first kappa shape index (κ1) is 9.45. The minimum absolute atomic E-state index is 0.103. The Balaban J connectivity index is 1.96. The molecule has 1 spiro atoms. The van der Waals surface area contributed by atoms with Crippen molar-refractivity contribution in [1.29, 1.82) is 0 Å². The van der Waals surface area contributed by atoms with Gasteiger partial charge >= 0.3 is 0 Å². The number of carbonyl (C=O) groups excluding carboxylic acids is 1. The Morgan fingerprint density at radius 3 is 2.94 bits per heavy atom. The second-order valence-electron chi connectivity index (χ2n) is 4.34. The molecule has 84 valence electrons. The van der Waals surface area contributed by atoms with Crippen LogP contribution < -0.4 is 15.4 Å². The summed E-state index contributed by atoms with van der Waals surface area (Å²) in [6.45, 7) is 0.659. The molecule has 2 aliphatic rings. The van der Waals surface area contributed by atoms with Gasteiger partial charge in [-0.3, -0.25) is 4.79 Å². The number of hydrogen-bond acceptors (Lipinski definition) is 4. The molecule has 1 aromatic rings. The fourth-order valence-electron chi connectivity index (χ4n) is 1.93. The zero-order chi connectivity index (χ0) is 11.2. The summed E-state index contributed by atoms with van der Waals surface area (Å²) in [6, 6.07) is 3.55. The molecule has 0 aromatic carbocycles. The maximum atomic E-state index is 11.9. The lowest BCUT2D eigenvalue weighted by Gasteiger charge is -2.08. The van der Waals surface area contributed by atoms with Crippen LogP contribution in [0, 0.1) is 5.41 Å². The number of carbonyl (C=O) groups is 1. The summed E-state index contributed by atoms with van der Waals surface area (Å²) in [5, 5.41) is 6.12. The Kier molecular flexibility index (Phi) is 1.83. The van der Waals surface area contributed by atoms with Gasteiger partial charge in [0.25, 0.3) is 0 Å². The fraction of sp³-hybridized carbons (Fsp3) is 0.455. The molecule has 0 radical (unpaired) electrons. The third kappa shape index (κ3) is 1.31. The number of ether oxygens (including phenoxy) is 1. The zero-order valence-corrected chi connectivity index (χ0v) is 9.04. The summed E-state index contributed by atoms with van der Waals surface area (Å²) in [4.78, 5) is 16.2. The highest BCUT2D eigenvalue weighted by Gasteiger charge is 2.50. The fourth-order valence-corrected chi connectivity index (χ4v) is 1.93. The molecule has 5 nitrogen and oxygen atoms in total. The third-order valence-electron chi connectivity index (χ3n) is 3.26. The number of methoxy groups -OCH3 is 1. The van der Waals surface area contributed by atoms with E-state index in [1.807, 2.05) is 6.07 Å². The van der Waals surface area contributed by atoms with E-state index in [4.69, 9.17) is 4.74 Å². The van der Waals surface area contributed by atoms with Gasteiger partial charge in [0.05, 0.1) is 18.2 Å². The molecule has 1 amide bonds. The van der Waals surface area contributed by atoms with Gasteiger partial charge < -0.3 is 15.4 Å². The van der Waals surface area contributed by atoms with Crippen molar-refractivity contribution in [3.8, 4) is 5.88 Å². The van der Waals surface area contributed by atoms with Crippen molar-refractivity contribution < 1.29 is 9.53 Å². The number of amides is 1. The minimum Gasteiger partial charge on any atom is -0.481 e. The largest absolute Gasteiger partial charge is 0.481 e. The van der Waals surface area contributed by atoms with Gasteiger partial charge in [-0.15, -0.1) is 0 Å². The number of nitrogens with zero attached hydrogens (tertiary/aromatic N) is 1. The molecule has 5 heteroatoms. The number of hydrogen-bond donors (Lipinski definition) is 2. The Morgan fingerprint density at radius 1 is 1.44 bits per heavy atom. The minimum atomic E-state index is -0.200. The average Bonchev–Trinajstić information content (AvgIpc) is 3.09. The molecule has 3 rings (SSSR count). The third-order valence-corrected chi connectivity index (χ3v) is 3.26. The van der Waals surface area contributed by atoms with Crippen molar-refractivity contribution in [3.63, 3.8) is 0 Å². The highest BCUT2D eigenvalue weighted by atomic mass is 16.5. The molecule has 0 atom stereocenters. The van der Waals surface area contributed by atoms with Crippen LogP contribution >= 0.6 is 0 Å². The highest BCUT2D eigenvalue weighted by molar-refractivity contribution is 6.00. The predicted molar refractivity (Wildman–Crippen MR) is 59.6 cm³/mol. The summed E-state index contributed by atoms with van der Waals surface area (Å²) in [7, 11) is 1.58. The molecule has 1 aliphatic heterocycles. The smallest absolute Gasteiger partial charge is 0.232 e. The maximum absolute atomic E-state index is 11.9. The lowest BCUT2D eigenvalue weighted by Crippen LogP contribution is -2.27. The summed E-state index contributed by atoms with van der Waals surface area (Å²) in [5.74, 6) is 1.34. The van der Waals surface area contributed by atoms with Gasteiger partial charge in [0.1, 0.15) is 0 Å². The van der Waals surface area contributed by atoms with Crippen molar-refractivity contribution in [2.75, 3.05) is 24.3 Å². The van der Waals surface area contributed by atoms with Crippen molar-refractivity contribution in [1.82, 2.24) is 4.98 Å². The van der Waals surface area contributed by atoms with Gasteiger partial charge in [0.15, 0.2) is 5.82 Å². The first-order valence-corrected chi connectivity index (χ1v) is 5.34. The SMILES string of the molecule is COc1ccc2c(n1)NCC1(CC1)C(=O)N2. The quantitative estimate of drug-likeness (QED) is 0.745. The van der Waals surface area contributed by atoms with Crippen molar-refractivity contribution >= 4 is 17.4 Å². The van der Waals surface area contributed by atoms with Crippen LogP contribution in [0.4, 0.5) is 11.5 Å². The Morgan fingerprint density at radius 2 is 2.25 bits per heavy atom. The molecule has 2 heterocycles. The molecule has 0 unspecified atom stereocenters. The standard InChI is InChI=1S/C11H13N3O2/c1-16-8-3-2-7-9(14-8)12-6-11(4-5-11)10(15)13-7/h2-3H,4-6H2,1H3,(H,12,14)(H,13,15). The molecule has 16 heavy (non-hydrogen) atoms. The van der Waals surface area contributed by atoms with E-state index in [1.165, 1.54) is 0 Å². The van der Waals surface area contributed by atoms with E-state index in [2.05, 4.69) is 15.6 Å². The first-order chi connectivity index (χ1) is 7.73. The number of nitrogens with one attached hydrogen (secondary N) is 2. The molecule has 1 fully saturated rings. The van der Waals surface area contributed by atoms with Gasteiger partial charge in [-0.1, -0.05) is 0 Å². The summed E-state index contributed by atoms with van der Waals surface area (Å²) < 4.78 is 5.05. The van der Waals surface area contributed by atoms with Crippen molar-refractivity contribution in [3.05, 3.63) is 12.1 Å². The van der Waals surface area contributed by atoms with Gasteiger partial charge in [-0.05, 0) is 18.9 Å². The van der Waals surface area contributed by atoms with Crippen LogP contribution in [-0.2, 0) is 4.79 Å². The zero-order valence-electron chi connectivity index (χ0n) is 9.04. The van der Waals surface area contributed by atoms with E-state index >= 15 is 0 Å². The topological polar surface area (TPSA) is 63.2 Å². The number of pyridine rings is 1. The van der Waals surface area contributed by atoms with E-state index in [0.717, 1.165) is 18.5 Å². The van der Waals surface area contributed by atoms with Crippen LogP contribution in [0.5, 0.6) is 5.88 Å². The normalized spacial score (nSPS) is 20.4. The second-order valence-corrected chi connectivity index (χ2v) is 4.34. The summed E-state index contributed by atoms with van der Waals surface area (Å²) in [5.41, 5.74) is 0.531. The van der Waals surface area contributed by atoms with Crippen molar-refractivity contribution in [2.24, 2.45) is 5.41 Å². The molecule has 1 aliphatic carbocycles. The van der Waals surface area contributed by atoms with Gasteiger partial charge in [-0.25, -0.2) is 0 Å². The van der Waals surface area contributed by atoms with E-state index in [9.17, 15) is 4.79 Å². The van der Waals surface area contributed by atoms with Gasteiger partial charge in [-0.2, -0.15) is 4.98 Å². The van der Waals surface area contributed by atoms with Crippen LogP contribution in [0.1, 0.15) is 12.8 Å². The lowest BCUT2D eigenvalue weighted by molar-refractivity contribution is -0.120. The molecular formula is C11H13N3O2. The lowest BCUT2D eigenvalue weighted by atomic mass is 10.1. The highest BCUT2D eigenvalue weighted by Crippen LogP contribution is 2.48. The van der Waals surface area contributed by atoms with E-state index < -0.39 is 0 Å². The molecule has 1 aromatic heterocycles. The number of fused-ring (bicyclic) bond motifs is 1. The van der Waals surface area contributed by atoms with E-state index in [0.29, 0.717) is 18.2 Å². The monoisotopic (exact) mass is 219 g/mol. The van der Waals surface area contributed by atoms with Gasteiger partial charge in [0.2, 0.25) is 11.8 Å². The molecule has 0 bridgehead atoms. The average molecular weight is 219 g/mol. The van der Waals surface area contributed by atoms with E-state index in [-0.39, 0.29) is 11.3 Å². The second kappa shape index (κ2) is 3.10. The Labute approximate surface area is 93.2 Å². The molecule has 2 N–H and O–H groups in total. The molecular weight excluding hydrogens is 206 g/mol. The Bertz CT molecular complexity index is 455. The summed E-state index contributed by atoms with van der Waals surface area (Å²) in [6.07, 6.45) is 1.91. The predicted octanol–water partition coefficient (Wildman–Crippen LogP) is 1.23. The Hall–Kier alpha value is -1.78.